The van der Waals surface area contributed by atoms with Gasteiger partial charge in [0.2, 0.25) is 0 Å². The van der Waals surface area contributed by atoms with Gasteiger partial charge in [-0.2, -0.15) is 0 Å². The molecule has 0 spiro atoms. The zero-order valence-electron chi connectivity index (χ0n) is 40.6. The Balaban J connectivity index is 0.000000371. The van der Waals surface area contributed by atoms with Gasteiger partial charge in [-0.15, -0.1) is 0 Å². The van der Waals surface area contributed by atoms with Gasteiger partial charge in [-0.25, -0.2) is 28.8 Å². The average molecular weight is 957 g/mol. The van der Waals surface area contributed by atoms with Crippen LogP contribution in [0, 0.1) is 5.92 Å². The Labute approximate surface area is 409 Å². The summed E-state index contributed by atoms with van der Waals surface area (Å²) in [6, 6.07) is 27.3. The number of hydrogen-bond acceptors (Lipinski definition) is 14. The van der Waals surface area contributed by atoms with Crippen molar-refractivity contribution in [1.82, 2.24) is 0 Å². The van der Waals surface area contributed by atoms with Crippen molar-refractivity contribution in [3.8, 4) is 45.3 Å². The quantitative estimate of drug-likeness (QED) is 0.0213. The number of ether oxygens (including phenoxy) is 8. The Morgan fingerprint density at radius 1 is 0.386 bits per heavy atom. The highest BCUT2D eigenvalue weighted by Crippen LogP contribution is 2.34. The van der Waals surface area contributed by atoms with Crippen molar-refractivity contribution >= 4 is 35.8 Å². The van der Waals surface area contributed by atoms with Crippen LogP contribution in [0.25, 0.3) is 22.3 Å². The van der Waals surface area contributed by atoms with Gasteiger partial charge in [0.05, 0.1) is 13.2 Å². The summed E-state index contributed by atoms with van der Waals surface area (Å²) in [5.41, 5.74) is 6.44. The van der Waals surface area contributed by atoms with E-state index in [4.69, 9.17) is 37.9 Å². The van der Waals surface area contributed by atoms with Gasteiger partial charge in [0, 0.05) is 39.4 Å². The van der Waals surface area contributed by atoms with Crippen LogP contribution in [0.4, 0.5) is 0 Å². The molecule has 0 fully saturated rings. The van der Waals surface area contributed by atoms with Gasteiger partial charge >= 0.3 is 35.8 Å². The minimum absolute atomic E-state index is 0.0222. The molecule has 0 aliphatic heterocycles. The third kappa shape index (κ3) is 19.5. The molecule has 0 aliphatic carbocycles. The van der Waals surface area contributed by atoms with E-state index >= 15 is 0 Å². The second-order valence-corrected chi connectivity index (χ2v) is 16.1. The zero-order chi connectivity index (χ0) is 51.9. The summed E-state index contributed by atoms with van der Waals surface area (Å²) in [4.78, 5) is 70.0. The van der Waals surface area contributed by atoms with Crippen molar-refractivity contribution in [3.05, 3.63) is 169 Å². The molecule has 0 atom stereocenters. The fourth-order valence-electron chi connectivity index (χ4n) is 5.52. The molecular weight excluding hydrogens is 897 g/mol. The van der Waals surface area contributed by atoms with Gasteiger partial charge in [0.25, 0.3) is 0 Å². The summed E-state index contributed by atoms with van der Waals surface area (Å²) in [7, 11) is 0. The van der Waals surface area contributed by atoms with Crippen LogP contribution in [0.2, 0.25) is 0 Å². The standard InChI is InChI=1S/C28H30O8.C28H30O6/c1-18(2)26(29)34-15-13-32-24-12-9-22(17-25(24)33-14-16-35-27(30)19(3)4)21-7-10-23(11-8-21)36-28(31)20(5)6;1-18(2)26(29)32-16-22(17-33-27(30)19(3)4)15-21-7-9-23(10-8-21)24-11-13-25(14-12-24)34-28(31)20(5)6/h7-12,17H,1,3,5,13-16H2,2,4,6H3;7-14,22H,1,3,5,15-17H2,2,4,6H3. The van der Waals surface area contributed by atoms with Crippen molar-refractivity contribution < 1.29 is 66.7 Å². The molecular formula is C56H60O14. The first-order valence-electron chi connectivity index (χ1n) is 21.9. The first kappa shape index (κ1) is 56.1. The van der Waals surface area contributed by atoms with Crippen molar-refractivity contribution in [2.45, 2.75) is 48.0 Å². The molecule has 4 aromatic rings. The molecule has 0 aromatic heterocycles. The van der Waals surface area contributed by atoms with E-state index in [1.165, 1.54) is 0 Å². The van der Waals surface area contributed by atoms with Crippen LogP contribution in [-0.2, 0) is 54.1 Å². The van der Waals surface area contributed by atoms with Gasteiger partial charge in [-0.05, 0) is 112 Å². The average Bonchev–Trinajstić information content (AvgIpc) is 3.33. The van der Waals surface area contributed by atoms with Crippen molar-refractivity contribution in [3.63, 3.8) is 0 Å². The Hall–Kier alpha value is -8.26. The van der Waals surface area contributed by atoms with E-state index in [1.54, 1.807) is 90.1 Å². The van der Waals surface area contributed by atoms with Crippen LogP contribution in [0.1, 0.15) is 47.1 Å². The van der Waals surface area contributed by atoms with E-state index < -0.39 is 35.8 Å². The second-order valence-electron chi connectivity index (χ2n) is 16.1. The summed E-state index contributed by atoms with van der Waals surface area (Å²) in [6.07, 6.45) is 0.545. The van der Waals surface area contributed by atoms with Crippen molar-refractivity contribution in [1.29, 1.82) is 0 Å². The van der Waals surface area contributed by atoms with Crippen molar-refractivity contribution in [2.75, 3.05) is 39.6 Å². The molecule has 0 N–H and O–H groups in total. The Bertz CT molecular complexity index is 2550. The maximum atomic E-state index is 11.8. The molecule has 0 amide bonds. The highest BCUT2D eigenvalue weighted by molar-refractivity contribution is 5.90. The minimum Gasteiger partial charge on any atom is -0.486 e. The number of hydrogen-bond donors (Lipinski definition) is 0. The van der Waals surface area contributed by atoms with Crippen molar-refractivity contribution in [2.24, 2.45) is 5.92 Å². The summed E-state index contributed by atoms with van der Waals surface area (Å²) in [5, 5.41) is 0. The minimum atomic E-state index is -0.504. The fourth-order valence-corrected chi connectivity index (χ4v) is 5.52. The van der Waals surface area contributed by atoms with E-state index in [2.05, 4.69) is 39.5 Å². The van der Waals surface area contributed by atoms with Crippen LogP contribution in [0.5, 0.6) is 23.0 Å². The monoisotopic (exact) mass is 956 g/mol. The molecule has 4 aromatic carbocycles. The van der Waals surface area contributed by atoms with Gasteiger partial charge in [0.1, 0.15) is 37.9 Å². The summed E-state index contributed by atoms with van der Waals surface area (Å²) < 4.78 is 42.7. The van der Waals surface area contributed by atoms with Crippen LogP contribution < -0.4 is 18.9 Å². The summed E-state index contributed by atoms with van der Waals surface area (Å²) >= 11 is 0. The highest BCUT2D eigenvalue weighted by atomic mass is 16.6. The van der Waals surface area contributed by atoms with Gasteiger partial charge in [-0.3, -0.25) is 0 Å². The maximum absolute atomic E-state index is 11.8. The third-order valence-electron chi connectivity index (χ3n) is 9.36. The lowest BCUT2D eigenvalue weighted by Gasteiger charge is -2.18. The maximum Gasteiger partial charge on any atom is 0.338 e. The number of esters is 6. The second kappa shape index (κ2) is 28.2. The lowest BCUT2D eigenvalue weighted by molar-refractivity contribution is -0.144. The van der Waals surface area contributed by atoms with E-state index in [9.17, 15) is 28.8 Å². The zero-order valence-corrected chi connectivity index (χ0v) is 40.6. The first-order valence-corrected chi connectivity index (χ1v) is 21.9. The first-order chi connectivity index (χ1) is 33.1. The molecule has 0 saturated carbocycles. The molecule has 0 unspecified atom stereocenters. The molecule has 0 radical (unpaired) electrons. The Kier molecular flexibility index (Phi) is 22.6. The van der Waals surface area contributed by atoms with Gasteiger partial charge < -0.3 is 37.9 Å². The van der Waals surface area contributed by atoms with Crippen LogP contribution in [0.15, 0.2) is 164 Å². The normalized spacial score (nSPS) is 10.2. The molecule has 70 heavy (non-hydrogen) atoms. The Morgan fingerprint density at radius 2 is 0.714 bits per heavy atom. The van der Waals surface area contributed by atoms with Crippen LogP contribution in [-0.4, -0.2) is 75.5 Å². The number of benzene rings is 4. The number of carbonyl (C=O) groups excluding carboxylic acids is 6. The molecule has 0 bridgehead atoms. The van der Waals surface area contributed by atoms with Gasteiger partial charge in [-0.1, -0.05) is 94.1 Å². The summed E-state index contributed by atoms with van der Waals surface area (Å²) in [5.74, 6) is -1.48. The molecule has 0 saturated heterocycles. The predicted octanol–water partition coefficient (Wildman–Crippen LogP) is 10.1. The van der Waals surface area contributed by atoms with E-state index in [0.29, 0.717) is 62.9 Å². The van der Waals surface area contributed by atoms with E-state index in [-0.39, 0.29) is 45.6 Å². The molecule has 0 aliphatic rings. The fraction of sp³-hybridized carbons (Fsp3) is 0.250. The lowest BCUT2D eigenvalue weighted by atomic mass is 9.98. The van der Waals surface area contributed by atoms with Crippen LogP contribution in [0.3, 0.4) is 0 Å². The highest BCUT2D eigenvalue weighted by Gasteiger charge is 2.18. The number of carbonyl (C=O) groups is 6. The molecule has 4 rings (SSSR count). The Morgan fingerprint density at radius 3 is 1.10 bits per heavy atom. The van der Waals surface area contributed by atoms with Crippen LogP contribution >= 0.6 is 0 Å². The third-order valence-corrected chi connectivity index (χ3v) is 9.36. The lowest BCUT2D eigenvalue weighted by Crippen LogP contribution is -2.23. The smallest absolute Gasteiger partial charge is 0.338 e. The molecule has 14 nitrogen and oxygen atoms in total. The van der Waals surface area contributed by atoms with Gasteiger partial charge in [0.15, 0.2) is 11.5 Å². The van der Waals surface area contributed by atoms with E-state index in [1.807, 2.05) is 42.5 Å². The molecule has 368 valence electrons. The molecule has 0 heterocycles. The molecule has 14 heteroatoms. The predicted molar refractivity (Wildman–Crippen MR) is 266 cm³/mol. The van der Waals surface area contributed by atoms with E-state index in [0.717, 1.165) is 27.8 Å². The number of rotatable bonds is 24. The topological polar surface area (TPSA) is 176 Å². The SMILES string of the molecule is C=C(C)C(=O)OCC(COC(=O)C(=C)C)Cc1ccc(-c2ccc(OC(=O)C(=C)C)cc2)cc1.C=C(C)C(=O)OCCOc1ccc(-c2ccc(OC(=O)C(=C)C)cc2)cc1OCCOC(=O)C(=C)C. The largest absolute Gasteiger partial charge is 0.486 e. The summed E-state index contributed by atoms with van der Waals surface area (Å²) in [6.45, 7) is 31.2.